The van der Waals surface area contributed by atoms with Crippen molar-refractivity contribution in [3.05, 3.63) is 30.0 Å². The van der Waals surface area contributed by atoms with Crippen molar-refractivity contribution >= 4 is 10.9 Å². The Hall–Kier alpha value is -1.48. The molecular weight excluding hydrogens is 224 g/mol. The van der Waals surface area contributed by atoms with Gasteiger partial charge in [-0.25, -0.2) is 0 Å². The van der Waals surface area contributed by atoms with Gasteiger partial charge in [0.2, 0.25) is 0 Å². The van der Waals surface area contributed by atoms with Crippen LogP contribution in [0, 0.1) is 0 Å². The van der Waals surface area contributed by atoms with Crippen LogP contribution in [0.3, 0.4) is 0 Å². The van der Waals surface area contributed by atoms with Crippen LogP contribution in [0.5, 0.6) is 5.75 Å². The molecule has 1 aliphatic carbocycles. The molecule has 0 atom stereocenters. The van der Waals surface area contributed by atoms with E-state index >= 15 is 0 Å². The topological polar surface area (TPSA) is 51.0 Å². The summed E-state index contributed by atoms with van der Waals surface area (Å²) in [6.07, 6.45) is 2.33. The Labute approximate surface area is 107 Å². The first-order chi connectivity index (χ1) is 8.46. The highest BCUT2D eigenvalue weighted by molar-refractivity contribution is 5.82. The van der Waals surface area contributed by atoms with Crippen LogP contribution in [0.25, 0.3) is 10.9 Å². The molecule has 0 aliphatic heterocycles. The van der Waals surface area contributed by atoms with Crippen LogP contribution in [0.1, 0.15) is 32.4 Å². The van der Waals surface area contributed by atoms with Crippen LogP contribution in [-0.4, -0.2) is 17.6 Å². The Kier molecular flexibility index (Phi) is 2.26. The molecule has 3 heteroatoms. The van der Waals surface area contributed by atoms with Crippen LogP contribution < -0.4 is 10.5 Å². The summed E-state index contributed by atoms with van der Waals surface area (Å²) in [5, 5.41) is 1.22. The molecule has 1 heterocycles. The molecule has 1 fully saturated rings. The Morgan fingerprint density at radius 2 is 2.00 bits per heavy atom. The van der Waals surface area contributed by atoms with Crippen molar-refractivity contribution in [1.29, 1.82) is 0 Å². The van der Waals surface area contributed by atoms with Crippen molar-refractivity contribution in [3.8, 4) is 5.75 Å². The molecule has 1 aromatic carbocycles. The second-order valence-electron chi connectivity index (χ2n) is 5.94. The van der Waals surface area contributed by atoms with Gasteiger partial charge in [0.05, 0.1) is 7.11 Å². The Bertz CT molecular complexity index is 588. The van der Waals surface area contributed by atoms with Crippen molar-refractivity contribution in [1.82, 2.24) is 4.98 Å². The van der Waals surface area contributed by atoms with E-state index in [4.69, 9.17) is 10.5 Å². The third kappa shape index (κ3) is 1.54. The number of nitrogens with two attached hydrogens (primary N) is 1. The van der Waals surface area contributed by atoms with E-state index in [0.29, 0.717) is 0 Å². The summed E-state index contributed by atoms with van der Waals surface area (Å²) in [6, 6.07) is 8.36. The molecule has 1 aromatic heterocycles. The first-order valence-corrected chi connectivity index (χ1v) is 6.42. The summed E-state index contributed by atoms with van der Waals surface area (Å²) < 4.78 is 5.26. The maximum absolute atomic E-state index is 6.34. The van der Waals surface area contributed by atoms with Crippen LogP contribution in [-0.2, 0) is 5.41 Å². The van der Waals surface area contributed by atoms with Gasteiger partial charge < -0.3 is 15.5 Å². The minimum absolute atomic E-state index is 0.124. The number of rotatable bonds is 3. The first-order valence-electron chi connectivity index (χ1n) is 6.42. The molecular formula is C15H20N2O. The summed E-state index contributed by atoms with van der Waals surface area (Å²) in [5.41, 5.74) is 8.67. The summed E-state index contributed by atoms with van der Waals surface area (Å²) in [7, 11) is 1.69. The van der Waals surface area contributed by atoms with Crippen LogP contribution in [0.2, 0.25) is 0 Å². The van der Waals surface area contributed by atoms with Gasteiger partial charge in [-0.15, -0.1) is 0 Å². The highest BCUT2D eigenvalue weighted by atomic mass is 16.5. The quantitative estimate of drug-likeness (QED) is 0.872. The maximum atomic E-state index is 6.34. The molecule has 2 aromatic rings. The van der Waals surface area contributed by atoms with Crippen molar-refractivity contribution in [2.24, 2.45) is 5.73 Å². The number of methoxy groups -OCH3 is 1. The smallest absolute Gasteiger partial charge is 0.120 e. The fourth-order valence-corrected chi connectivity index (χ4v) is 2.88. The molecule has 3 nitrogen and oxygen atoms in total. The predicted octanol–water partition coefficient (Wildman–Crippen LogP) is 2.95. The number of H-pyrrole nitrogens is 1. The molecule has 0 amide bonds. The van der Waals surface area contributed by atoms with Gasteiger partial charge in [0, 0.05) is 28.2 Å². The minimum atomic E-state index is -0.183. The zero-order chi connectivity index (χ0) is 13.0. The molecule has 0 spiro atoms. The SMILES string of the molecule is COc1ccc2cc(C3(C(C)(C)N)CC3)[nH]c2c1. The average Bonchev–Trinajstić information content (AvgIpc) is 3.03. The second-order valence-corrected chi connectivity index (χ2v) is 5.94. The van der Waals surface area contributed by atoms with Gasteiger partial charge in [0.25, 0.3) is 0 Å². The van der Waals surface area contributed by atoms with E-state index in [9.17, 15) is 0 Å². The molecule has 0 saturated heterocycles. The van der Waals surface area contributed by atoms with Crippen molar-refractivity contribution in [2.75, 3.05) is 7.11 Å². The third-order valence-electron chi connectivity index (χ3n) is 4.33. The lowest BCUT2D eigenvalue weighted by Crippen LogP contribution is -2.45. The summed E-state index contributed by atoms with van der Waals surface area (Å²) in [5.74, 6) is 0.882. The highest BCUT2D eigenvalue weighted by Crippen LogP contribution is 2.54. The largest absolute Gasteiger partial charge is 0.497 e. The number of hydrogen-bond donors (Lipinski definition) is 2. The number of aromatic nitrogens is 1. The number of hydrogen-bond acceptors (Lipinski definition) is 2. The third-order valence-corrected chi connectivity index (χ3v) is 4.33. The van der Waals surface area contributed by atoms with E-state index in [1.807, 2.05) is 12.1 Å². The molecule has 1 aliphatic rings. The summed E-state index contributed by atoms with van der Waals surface area (Å²) in [4.78, 5) is 3.52. The first kappa shape index (κ1) is 11.6. The molecule has 96 valence electrons. The zero-order valence-corrected chi connectivity index (χ0v) is 11.2. The monoisotopic (exact) mass is 244 g/mol. The lowest BCUT2D eigenvalue weighted by atomic mass is 9.82. The standard InChI is InChI=1S/C15H20N2O/c1-14(2,16)15(6-7-15)13-8-10-4-5-11(18-3)9-12(10)17-13/h4-5,8-9,17H,6-7,16H2,1-3H3. The highest BCUT2D eigenvalue weighted by Gasteiger charge is 2.54. The molecule has 0 bridgehead atoms. The minimum Gasteiger partial charge on any atom is -0.497 e. The molecule has 0 unspecified atom stereocenters. The molecule has 3 rings (SSSR count). The fourth-order valence-electron chi connectivity index (χ4n) is 2.88. The van der Waals surface area contributed by atoms with E-state index in [1.165, 1.54) is 23.9 Å². The fraction of sp³-hybridized carbons (Fsp3) is 0.467. The lowest BCUT2D eigenvalue weighted by molar-refractivity contribution is 0.385. The van der Waals surface area contributed by atoms with Crippen molar-refractivity contribution in [2.45, 2.75) is 37.6 Å². The zero-order valence-electron chi connectivity index (χ0n) is 11.2. The number of benzene rings is 1. The van der Waals surface area contributed by atoms with Crippen LogP contribution >= 0.6 is 0 Å². The van der Waals surface area contributed by atoms with E-state index in [1.54, 1.807) is 7.11 Å². The summed E-state index contributed by atoms with van der Waals surface area (Å²) >= 11 is 0. The number of fused-ring (bicyclic) bond motifs is 1. The van der Waals surface area contributed by atoms with Gasteiger partial charge in [-0.05, 0) is 50.3 Å². The van der Waals surface area contributed by atoms with E-state index in [-0.39, 0.29) is 11.0 Å². The predicted molar refractivity (Wildman–Crippen MR) is 74.0 cm³/mol. The second kappa shape index (κ2) is 3.51. The average molecular weight is 244 g/mol. The number of ether oxygens (including phenoxy) is 1. The molecule has 1 saturated carbocycles. The van der Waals surface area contributed by atoms with Gasteiger partial charge >= 0.3 is 0 Å². The van der Waals surface area contributed by atoms with Gasteiger partial charge in [-0.1, -0.05) is 0 Å². The van der Waals surface area contributed by atoms with E-state index < -0.39 is 0 Å². The Balaban J connectivity index is 2.09. The van der Waals surface area contributed by atoms with E-state index in [2.05, 4.69) is 31.0 Å². The van der Waals surface area contributed by atoms with Gasteiger partial charge in [-0.2, -0.15) is 0 Å². The lowest BCUT2D eigenvalue weighted by Gasteiger charge is -2.30. The van der Waals surface area contributed by atoms with Crippen LogP contribution in [0.4, 0.5) is 0 Å². The van der Waals surface area contributed by atoms with Crippen molar-refractivity contribution in [3.63, 3.8) is 0 Å². The van der Waals surface area contributed by atoms with E-state index in [0.717, 1.165) is 11.3 Å². The molecule has 18 heavy (non-hydrogen) atoms. The maximum Gasteiger partial charge on any atom is 0.120 e. The molecule has 0 radical (unpaired) electrons. The number of nitrogens with one attached hydrogen (secondary N) is 1. The Morgan fingerprint density at radius 3 is 2.56 bits per heavy atom. The normalized spacial score (nSPS) is 18.0. The summed E-state index contributed by atoms with van der Waals surface area (Å²) in [6.45, 7) is 4.23. The van der Waals surface area contributed by atoms with Gasteiger partial charge in [0.15, 0.2) is 0 Å². The Morgan fingerprint density at radius 1 is 1.28 bits per heavy atom. The van der Waals surface area contributed by atoms with Crippen molar-refractivity contribution < 1.29 is 4.74 Å². The van der Waals surface area contributed by atoms with Gasteiger partial charge in [0.1, 0.15) is 5.75 Å². The van der Waals surface area contributed by atoms with Gasteiger partial charge in [-0.3, -0.25) is 0 Å². The molecule has 3 N–H and O–H groups in total. The van der Waals surface area contributed by atoms with Crippen LogP contribution in [0.15, 0.2) is 24.3 Å². The number of aromatic amines is 1.